The minimum atomic E-state index is -0.671. The maximum absolute atomic E-state index is 13.4. The van der Waals surface area contributed by atoms with Crippen molar-refractivity contribution in [2.75, 3.05) is 7.11 Å². The number of hydrogen-bond acceptors (Lipinski definition) is 4. The van der Waals surface area contributed by atoms with Gasteiger partial charge in [0.05, 0.1) is 30.2 Å². The molecule has 3 rings (SSSR count). The summed E-state index contributed by atoms with van der Waals surface area (Å²) < 4.78 is 18.1. The van der Waals surface area contributed by atoms with Gasteiger partial charge < -0.3 is 15.2 Å². The minimum absolute atomic E-state index is 0.0232. The van der Waals surface area contributed by atoms with Crippen LogP contribution in [-0.4, -0.2) is 24.1 Å². The molecule has 0 aliphatic rings. The molecule has 7 heteroatoms. The molecular formula is C23H19ClFNO4. The van der Waals surface area contributed by atoms with Gasteiger partial charge in [0.2, 0.25) is 0 Å². The highest BCUT2D eigenvalue weighted by molar-refractivity contribution is 6.31. The highest BCUT2D eigenvalue weighted by Gasteiger charge is 2.21. The number of esters is 1. The van der Waals surface area contributed by atoms with Crippen LogP contribution in [0.5, 0.6) is 5.75 Å². The molecule has 0 saturated carbocycles. The van der Waals surface area contributed by atoms with E-state index >= 15 is 0 Å². The Balaban J connectivity index is 1.86. The van der Waals surface area contributed by atoms with Gasteiger partial charge in [-0.15, -0.1) is 0 Å². The van der Waals surface area contributed by atoms with Crippen LogP contribution in [0.3, 0.4) is 0 Å². The zero-order chi connectivity index (χ0) is 21.7. The van der Waals surface area contributed by atoms with E-state index in [0.29, 0.717) is 5.56 Å². The van der Waals surface area contributed by atoms with Gasteiger partial charge in [-0.1, -0.05) is 54.1 Å². The Kier molecular flexibility index (Phi) is 6.69. The molecule has 3 aromatic carbocycles. The van der Waals surface area contributed by atoms with Gasteiger partial charge in [-0.25, -0.2) is 4.39 Å². The summed E-state index contributed by atoms with van der Waals surface area (Å²) in [7, 11) is 1.27. The quantitative estimate of drug-likeness (QED) is 0.549. The number of ether oxygens (including phenoxy) is 1. The molecular weight excluding hydrogens is 409 g/mol. The highest BCUT2D eigenvalue weighted by Crippen LogP contribution is 2.27. The first-order chi connectivity index (χ1) is 14.4. The second-order valence-corrected chi connectivity index (χ2v) is 6.98. The average Bonchev–Trinajstić information content (AvgIpc) is 2.75. The summed E-state index contributed by atoms with van der Waals surface area (Å²) in [5.74, 6) is -1.67. The Morgan fingerprint density at radius 1 is 1.07 bits per heavy atom. The molecule has 0 spiro atoms. The molecule has 2 N–H and O–H groups in total. The first-order valence-corrected chi connectivity index (χ1v) is 9.48. The molecule has 1 unspecified atom stereocenters. The number of carbonyl (C=O) groups excluding carboxylic acids is 2. The summed E-state index contributed by atoms with van der Waals surface area (Å²) in [6.07, 6.45) is -0.0858. The molecule has 0 radical (unpaired) electrons. The van der Waals surface area contributed by atoms with Crippen molar-refractivity contribution in [3.8, 4) is 16.9 Å². The zero-order valence-corrected chi connectivity index (χ0v) is 16.8. The molecule has 0 heterocycles. The van der Waals surface area contributed by atoms with Gasteiger partial charge in [0.1, 0.15) is 11.6 Å². The van der Waals surface area contributed by atoms with Crippen LogP contribution in [0, 0.1) is 5.82 Å². The van der Waals surface area contributed by atoms with Crippen molar-refractivity contribution in [3.63, 3.8) is 0 Å². The Labute approximate surface area is 178 Å². The van der Waals surface area contributed by atoms with E-state index in [9.17, 15) is 19.1 Å². The summed E-state index contributed by atoms with van der Waals surface area (Å²) in [5, 5.41) is 12.7. The van der Waals surface area contributed by atoms with Crippen molar-refractivity contribution >= 4 is 23.5 Å². The second kappa shape index (κ2) is 9.41. The molecule has 5 nitrogen and oxygen atoms in total. The van der Waals surface area contributed by atoms with Crippen LogP contribution >= 0.6 is 11.6 Å². The van der Waals surface area contributed by atoms with Crippen LogP contribution in [0.4, 0.5) is 4.39 Å². The van der Waals surface area contributed by atoms with E-state index in [0.717, 1.165) is 11.1 Å². The van der Waals surface area contributed by atoms with Crippen molar-refractivity contribution < 1.29 is 23.8 Å². The Hall–Kier alpha value is -3.38. The molecule has 0 saturated heterocycles. The number of halogens is 2. The van der Waals surface area contributed by atoms with Crippen LogP contribution in [0.2, 0.25) is 5.02 Å². The topological polar surface area (TPSA) is 75.6 Å². The Bertz CT molecular complexity index is 1070. The number of para-hydroxylation sites is 1. The number of phenolic OH excluding ortho intramolecular Hbond substituents is 1. The third kappa shape index (κ3) is 4.96. The van der Waals surface area contributed by atoms with Gasteiger partial charge in [-0.3, -0.25) is 9.59 Å². The molecule has 0 aliphatic heterocycles. The van der Waals surface area contributed by atoms with Crippen LogP contribution < -0.4 is 5.32 Å². The number of nitrogens with one attached hydrogen (secondary N) is 1. The van der Waals surface area contributed by atoms with Gasteiger partial charge in [0.15, 0.2) is 0 Å². The van der Waals surface area contributed by atoms with Crippen LogP contribution in [0.1, 0.15) is 28.4 Å². The molecule has 0 aromatic heterocycles. The summed E-state index contributed by atoms with van der Waals surface area (Å²) in [6.45, 7) is 0. The molecule has 0 fully saturated rings. The van der Waals surface area contributed by atoms with Crippen molar-refractivity contribution in [1.82, 2.24) is 5.32 Å². The second-order valence-electron chi connectivity index (χ2n) is 6.57. The maximum Gasteiger partial charge on any atom is 0.307 e. The molecule has 0 aliphatic carbocycles. The predicted octanol–water partition coefficient (Wildman–Crippen LogP) is 4.89. The SMILES string of the molecule is COC(=O)CC(NC(=O)c1ccccc1O)c1ccc(-c2ccc(F)c(Cl)c2)cc1. The lowest BCUT2D eigenvalue weighted by Crippen LogP contribution is -2.30. The monoisotopic (exact) mass is 427 g/mol. The van der Waals surface area contributed by atoms with E-state index in [4.69, 9.17) is 16.3 Å². The summed E-state index contributed by atoms with van der Waals surface area (Å²) in [4.78, 5) is 24.5. The number of methoxy groups -OCH3 is 1. The number of carbonyl (C=O) groups is 2. The standard InChI is InChI=1S/C23H19ClFNO4/c1-30-22(28)13-20(26-23(29)17-4-2-3-5-21(17)27)15-8-6-14(7-9-15)16-10-11-19(25)18(24)12-16/h2-12,20,27H,13H2,1H3,(H,26,29). The number of aromatic hydroxyl groups is 1. The third-order valence-corrected chi connectivity index (χ3v) is 4.91. The maximum atomic E-state index is 13.4. The van der Waals surface area contributed by atoms with E-state index in [-0.39, 0.29) is 22.8 Å². The Morgan fingerprint density at radius 2 is 1.73 bits per heavy atom. The van der Waals surface area contributed by atoms with Gasteiger partial charge >= 0.3 is 5.97 Å². The van der Waals surface area contributed by atoms with E-state index in [1.807, 2.05) is 0 Å². The lowest BCUT2D eigenvalue weighted by Gasteiger charge is -2.19. The van der Waals surface area contributed by atoms with Crippen molar-refractivity contribution in [2.24, 2.45) is 0 Å². The Morgan fingerprint density at radius 3 is 2.37 bits per heavy atom. The van der Waals surface area contributed by atoms with Gasteiger partial charge in [-0.2, -0.15) is 0 Å². The first kappa shape index (κ1) is 21.3. The minimum Gasteiger partial charge on any atom is -0.507 e. The molecule has 30 heavy (non-hydrogen) atoms. The van der Waals surface area contributed by atoms with Crippen LogP contribution in [0.15, 0.2) is 66.7 Å². The number of phenols is 1. The molecule has 1 atom stereocenters. The largest absolute Gasteiger partial charge is 0.507 e. The normalized spacial score (nSPS) is 11.6. The van der Waals surface area contributed by atoms with Crippen molar-refractivity contribution in [2.45, 2.75) is 12.5 Å². The van der Waals surface area contributed by atoms with E-state index in [1.54, 1.807) is 42.5 Å². The van der Waals surface area contributed by atoms with Gasteiger partial charge in [0.25, 0.3) is 5.91 Å². The third-order valence-electron chi connectivity index (χ3n) is 4.62. The summed E-state index contributed by atoms with van der Waals surface area (Å²) in [6, 6.07) is 17.0. The molecule has 154 valence electrons. The predicted molar refractivity (Wildman–Crippen MR) is 112 cm³/mol. The highest BCUT2D eigenvalue weighted by atomic mass is 35.5. The number of benzene rings is 3. The van der Waals surface area contributed by atoms with E-state index in [1.165, 1.54) is 31.4 Å². The summed E-state index contributed by atoms with van der Waals surface area (Å²) >= 11 is 5.85. The van der Waals surface area contributed by atoms with Crippen molar-refractivity contribution in [3.05, 3.63) is 88.7 Å². The molecule has 1 amide bonds. The first-order valence-electron chi connectivity index (χ1n) is 9.10. The fourth-order valence-electron chi connectivity index (χ4n) is 2.99. The number of hydrogen-bond donors (Lipinski definition) is 2. The zero-order valence-electron chi connectivity index (χ0n) is 16.1. The van der Waals surface area contributed by atoms with E-state index < -0.39 is 23.7 Å². The average molecular weight is 428 g/mol. The lowest BCUT2D eigenvalue weighted by atomic mass is 9.98. The summed E-state index contributed by atoms with van der Waals surface area (Å²) in [5.41, 5.74) is 2.30. The smallest absolute Gasteiger partial charge is 0.307 e. The van der Waals surface area contributed by atoms with Crippen LogP contribution in [-0.2, 0) is 9.53 Å². The van der Waals surface area contributed by atoms with Gasteiger partial charge in [-0.05, 0) is 41.0 Å². The fourth-order valence-corrected chi connectivity index (χ4v) is 3.17. The molecule has 3 aromatic rings. The van der Waals surface area contributed by atoms with Crippen molar-refractivity contribution in [1.29, 1.82) is 0 Å². The van der Waals surface area contributed by atoms with Crippen LogP contribution in [0.25, 0.3) is 11.1 Å². The lowest BCUT2D eigenvalue weighted by molar-refractivity contribution is -0.141. The number of rotatable bonds is 6. The van der Waals surface area contributed by atoms with Gasteiger partial charge in [0, 0.05) is 0 Å². The fraction of sp³-hybridized carbons (Fsp3) is 0.130. The molecule has 0 bridgehead atoms. The van der Waals surface area contributed by atoms with E-state index in [2.05, 4.69) is 5.32 Å². The number of amides is 1.